The summed E-state index contributed by atoms with van der Waals surface area (Å²) in [5.41, 5.74) is 1.86. The van der Waals surface area contributed by atoms with Gasteiger partial charge < -0.3 is 5.32 Å². The summed E-state index contributed by atoms with van der Waals surface area (Å²) >= 11 is 15.9. The molecule has 1 atom stereocenters. The summed E-state index contributed by atoms with van der Waals surface area (Å²) in [5.74, 6) is -0.0777. The number of carbonyl (C=O) groups excluding carboxylic acids is 1. The quantitative estimate of drug-likeness (QED) is 0.524. The SMILES string of the molecule is O=C(CCN1CCc2sccc2C1c1cccs1)Nc1c(Cl)cccc1Cl. The highest BCUT2D eigenvalue weighted by atomic mass is 35.5. The number of nitrogens with one attached hydrogen (secondary N) is 1. The predicted octanol–water partition coefficient (Wildman–Crippen LogP) is 6.09. The minimum absolute atomic E-state index is 0.0777. The van der Waals surface area contributed by atoms with Crippen LogP contribution >= 0.6 is 45.9 Å². The summed E-state index contributed by atoms with van der Waals surface area (Å²) < 4.78 is 0. The fraction of sp³-hybridized carbons (Fsp3) is 0.250. The van der Waals surface area contributed by atoms with E-state index in [1.807, 2.05) is 11.3 Å². The van der Waals surface area contributed by atoms with Crippen LogP contribution in [0.5, 0.6) is 0 Å². The molecule has 140 valence electrons. The highest BCUT2D eigenvalue weighted by molar-refractivity contribution is 7.10. The van der Waals surface area contributed by atoms with E-state index in [1.165, 1.54) is 15.3 Å². The average Bonchev–Trinajstić information content (AvgIpc) is 3.34. The van der Waals surface area contributed by atoms with Crippen LogP contribution in [-0.2, 0) is 11.2 Å². The minimum Gasteiger partial charge on any atom is -0.324 e. The topological polar surface area (TPSA) is 32.3 Å². The Hall–Kier alpha value is -1.37. The summed E-state index contributed by atoms with van der Waals surface area (Å²) in [7, 11) is 0. The highest BCUT2D eigenvalue weighted by Gasteiger charge is 2.30. The maximum Gasteiger partial charge on any atom is 0.225 e. The molecule has 4 rings (SSSR count). The molecule has 0 spiro atoms. The Morgan fingerprint density at radius 2 is 1.93 bits per heavy atom. The molecule has 27 heavy (non-hydrogen) atoms. The Labute approximate surface area is 176 Å². The first-order valence-corrected chi connectivity index (χ1v) is 11.2. The van der Waals surface area contributed by atoms with Crippen molar-refractivity contribution in [3.8, 4) is 0 Å². The zero-order chi connectivity index (χ0) is 18.8. The molecule has 0 bridgehead atoms. The van der Waals surface area contributed by atoms with E-state index in [1.54, 1.807) is 29.5 Å². The fourth-order valence-electron chi connectivity index (χ4n) is 3.45. The Morgan fingerprint density at radius 3 is 2.67 bits per heavy atom. The van der Waals surface area contributed by atoms with E-state index in [0.717, 1.165) is 13.0 Å². The van der Waals surface area contributed by atoms with Crippen LogP contribution in [0.3, 0.4) is 0 Å². The van der Waals surface area contributed by atoms with Crippen LogP contribution in [-0.4, -0.2) is 23.9 Å². The molecule has 1 aromatic carbocycles. The molecule has 2 aromatic heterocycles. The van der Waals surface area contributed by atoms with Gasteiger partial charge in [-0.15, -0.1) is 22.7 Å². The second kappa shape index (κ2) is 8.33. The zero-order valence-electron chi connectivity index (χ0n) is 14.5. The zero-order valence-corrected chi connectivity index (χ0v) is 17.6. The number of nitrogens with zero attached hydrogens (tertiary/aromatic N) is 1. The first-order chi connectivity index (χ1) is 13.1. The number of amides is 1. The molecule has 7 heteroatoms. The molecule has 0 radical (unpaired) electrons. The summed E-state index contributed by atoms with van der Waals surface area (Å²) in [4.78, 5) is 17.7. The van der Waals surface area contributed by atoms with Crippen molar-refractivity contribution in [2.24, 2.45) is 0 Å². The second-order valence-corrected chi connectivity index (χ2v) is 9.19. The van der Waals surface area contributed by atoms with Crippen LogP contribution in [0.25, 0.3) is 0 Å². The van der Waals surface area contributed by atoms with Crippen molar-refractivity contribution in [3.63, 3.8) is 0 Å². The summed E-state index contributed by atoms with van der Waals surface area (Å²) in [6.45, 7) is 1.64. The van der Waals surface area contributed by atoms with Crippen molar-refractivity contribution in [3.05, 3.63) is 72.5 Å². The van der Waals surface area contributed by atoms with E-state index in [9.17, 15) is 4.79 Å². The molecule has 1 amide bonds. The lowest BCUT2D eigenvalue weighted by atomic mass is 9.98. The molecule has 3 aromatic rings. The van der Waals surface area contributed by atoms with Crippen molar-refractivity contribution in [2.45, 2.75) is 18.9 Å². The molecule has 3 heterocycles. The number of fused-ring (bicyclic) bond motifs is 1. The first kappa shape index (κ1) is 19.0. The van der Waals surface area contributed by atoms with Gasteiger partial charge in [-0.2, -0.15) is 0 Å². The molecule has 1 aliphatic rings. The number of thiophene rings is 2. The number of benzene rings is 1. The van der Waals surface area contributed by atoms with Gasteiger partial charge in [0.15, 0.2) is 0 Å². The Bertz CT molecular complexity index is 919. The highest BCUT2D eigenvalue weighted by Crippen LogP contribution is 2.39. The monoisotopic (exact) mass is 436 g/mol. The number of rotatable bonds is 5. The number of para-hydroxylation sites is 1. The standard InChI is InChI=1S/C20H18Cl2N2OS2/c21-14-3-1-4-15(22)19(14)23-18(25)7-10-24-9-6-16-13(8-12-27-16)20(24)17-5-2-11-26-17/h1-5,8,11-12,20H,6-7,9-10H2,(H,23,25). The van der Waals surface area contributed by atoms with Crippen LogP contribution in [0, 0.1) is 0 Å². The summed E-state index contributed by atoms with van der Waals surface area (Å²) in [5, 5.41) is 8.04. The lowest BCUT2D eigenvalue weighted by Crippen LogP contribution is -2.37. The van der Waals surface area contributed by atoms with Gasteiger partial charge >= 0.3 is 0 Å². The van der Waals surface area contributed by atoms with Crippen molar-refractivity contribution in [1.29, 1.82) is 0 Å². The van der Waals surface area contributed by atoms with Gasteiger partial charge in [-0.25, -0.2) is 0 Å². The average molecular weight is 437 g/mol. The van der Waals surface area contributed by atoms with Crippen molar-refractivity contribution >= 4 is 57.5 Å². The van der Waals surface area contributed by atoms with Crippen molar-refractivity contribution in [2.75, 3.05) is 18.4 Å². The molecular formula is C20H18Cl2N2OS2. The lowest BCUT2D eigenvalue weighted by molar-refractivity contribution is -0.116. The predicted molar refractivity (Wildman–Crippen MR) is 115 cm³/mol. The molecule has 0 aliphatic carbocycles. The van der Waals surface area contributed by atoms with Crippen LogP contribution in [0.2, 0.25) is 10.0 Å². The van der Waals surface area contributed by atoms with Gasteiger partial charge in [0.2, 0.25) is 5.91 Å². The van der Waals surface area contributed by atoms with E-state index in [0.29, 0.717) is 28.7 Å². The van der Waals surface area contributed by atoms with Gasteiger partial charge in [0.25, 0.3) is 0 Å². The van der Waals surface area contributed by atoms with Gasteiger partial charge in [0, 0.05) is 29.3 Å². The van der Waals surface area contributed by atoms with Gasteiger partial charge in [0.05, 0.1) is 21.8 Å². The van der Waals surface area contributed by atoms with E-state index < -0.39 is 0 Å². The van der Waals surface area contributed by atoms with Crippen LogP contribution in [0.4, 0.5) is 5.69 Å². The summed E-state index contributed by atoms with van der Waals surface area (Å²) in [6, 6.07) is 11.9. The number of hydrogen-bond acceptors (Lipinski definition) is 4. The smallest absolute Gasteiger partial charge is 0.225 e. The molecular weight excluding hydrogens is 419 g/mol. The summed E-state index contributed by atoms with van der Waals surface area (Å²) in [6.07, 6.45) is 1.43. The lowest BCUT2D eigenvalue weighted by Gasteiger charge is -2.35. The normalized spacial score (nSPS) is 16.9. The Morgan fingerprint density at radius 1 is 1.11 bits per heavy atom. The molecule has 0 saturated heterocycles. The minimum atomic E-state index is -0.0777. The molecule has 0 fully saturated rings. The maximum atomic E-state index is 12.5. The molecule has 1 aliphatic heterocycles. The van der Waals surface area contributed by atoms with E-state index in [2.05, 4.69) is 39.2 Å². The third-order valence-corrected chi connectivity index (χ3v) is 7.28. The van der Waals surface area contributed by atoms with E-state index in [-0.39, 0.29) is 11.9 Å². The number of halogens is 2. The molecule has 1 N–H and O–H groups in total. The van der Waals surface area contributed by atoms with Gasteiger partial charge in [-0.05, 0) is 47.0 Å². The van der Waals surface area contributed by atoms with Crippen LogP contribution < -0.4 is 5.32 Å². The van der Waals surface area contributed by atoms with Gasteiger partial charge in [-0.3, -0.25) is 9.69 Å². The van der Waals surface area contributed by atoms with E-state index >= 15 is 0 Å². The van der Waals surface area contributed by atoms with Crippen molar-refractivity contribution in [1.82, 2.24) is 4.90 Å². The van der Waals surface area contributed by atoms with E-state index in [4.69, 9.17) is 23.2 Å². The van der Waals surface area contributed by atoms with Gasteiger partial charge in [-0.1, -0.05) is 35.3 Å². The third-order valence-electron chi connectivity index (χ3n) is 4.73. The Kier molecular flexibility index (Phi) is 5.85. The fourth-order valence-corrected chi connectivity index (χ4v) is 5.73. The Balaban J connectivity index is 1.46. The number of hydrogen-bond donors (Lipinski definition) is 1. The molecule has 3 nitrogen and oxygen atoms in total. The third kappa shape index (κ3) is 4.08. The first-order valence-electron chi connectivity index (χ1n) is 8.71. The molecule has 1 unspecified atom stereocenters. The molecule has 0 saturated carbocycles. The second-order valence-electron chi connectivity index (χ2n) is 6.40. The number of carbonyl (C=O) groups is 1. The largest absolute Gasteiger partial charge is 0.324 e. The maximum absolute atomic E-state index is 12.5. The van der Waals surface area contributed by atoms with Crippen LogP contribution in [0.1, 0.15) is 27.8 Å². The van der Waals surface area contributed by atoms with Crippen molar-refractivity contribution < 1.29 is 4.79 Å². The van der Waals surface area contributed by atoms with Crippen LogP contribution in [0.15, 0.2) is 47.2 Å². The van der Waals surface area contributed by atoms with Gasteiger partial charge in [0.1, 0.15) is 0 Å². The number of anilines is 1.